The summed E-state index contributed by atoms with van der Waals surface area (Å²) >= 11 is 0. The SMILES string of the molecule is CCOC(=O)CC(C)(C)C[C@H](O)/C=C/CO. The maximum absolute atomic E-state index is 11.3. The van der Waals surface area contributed by atoms with Crippen molar-refractivity contribution in [2.45, 2.75) is 39.7 Å². The Hall–Kier alpha value is -0.870. The second kappa shape index (κ2) is 7.41. The van der Waals surface area contributed by atoms with Crippen LogP contribution >= 0.6 is 0 Å². The van der Waals surface area contributed by atoms with Gasteiger partial charge in [0.2, 0.25) is 0 Å². The van der Waals surface area contributed by atoms with Crippen LogP contribution in [0.25, 0.3) is 0 Å². The Morgan fingerprint density at radius 1 is 1.50 bits per heavy atom. The van der Waals surface area contributed by atoms with Crippen LogP contribution in [-0.2, 0) is 9.53 Å². The maximum Gasteiger partial charge on any atom is 0.306 e. The second-order valence-corrected chi connectivity index (χ2v) is 4.53. The van der Waals surface area contributed by atoms with Crippen molar-refractivity contribution < 1.29 is 19.7 Å². The summed E-state index contributed by atoms with van der Waals surface area (Å²) in [6, 6.07) is 0. The van der Waals surface area contributed by atoms with E-state index < -0.39 is 6.10 Å². The van der Waals surface area contributed by atoms with Gasteiger partial charge in [0.1, 0.15) is 0 Å². The number of esters is 1. The smallest absolute Gasteiger partial charge is 0.306 e. The highest BCUT2D eigenvalue weighted by molar-refractivity contribution is 5.70. The van der Waals surface area contributed by atoms with Crippen LogP contribution in [0.15, 0.2) is 12.2 Å². The molecule has 0 aliphatic heterocycles. The predicted octanol–water partition coefficient (Wildman–Crippen LogP) is 1.27. The van der Waals surface area contributed by atoms with Gasteiger partial charge in [-0.1, -0.05) is 26.0 Å². The lowest BCUT2D eigenvalue weighted by Crippen LogP contribution is -2.23. The molecule has 0 aromatic rings. The Balaban J connectivity index is 4.12. The molecule has 4 heteroatoms. The predicted molar refractivity (Wildman–Crippen MR) is 61.9 cm³/mol. The number of aliphatic hydroxyl groups excluding tert-OH is 2. The maximum atomic E-state index is 11.3. The third kappa shape index (κ3) is 7.43. The quantitative estimate of drug-likeness (QED) is 0.510. The molecule has 0 aliphatic carbocycles. The van der Waals surface area contributed by atoms with Gasteiger partial charge < -0.3 is 14.9 Å². The first kappa shape index (κ1) is 15.1. The minimum absolute atomic E-state index is 0.0879. The number of rotatable bonds is 7. The van der Waals surface area contributed by atoms with Crippen molar-refractivity contribution >= 4 is 5.97 Å². The van der Waals surface area contributed by atoms with Crippen LogP contribution in [0, 0.1) is 5.41 Å². The van der Waals surface area contributed by atoms with E-state index in [9.17, 15) is 9.90 Å². The summed E-state index contributed by atoms with van der Waals surface area (Å²) in [6.07, 6.45) is 3.13. The highest BCUT2D eigenvalue weighted by Crippen LogP contribution is 2.27. The van der Waals surface area contributed by atoms with Crippen molar-refractivity contribution in [2.75, 3.05) is 13.2 Å². The van der Waals surface area contributed by atoms with Gasteiger partial charge in [0, 0.05) is 0 Å². The number of hydrogen-bond donors (Lipinski definition) is 2. The Morgan fingerprint density at radius 3 is 2.62 bits per heavy atom. The van der Waals surface area contributed by atoms with E-state index in [-0.39, 0.29) is 24.4 Å². The number of carbonyl (C=O) groups excluding carboxylic acids is 1. The molecule has 0 unspecified atom stereocenters. The summed E-state index contributed by atoms with van der Waals surface area (Å²) in [7, 11) is 0. The van der Waals surface area contributed by atoms with Crippen molar-refractivity contribution in [1.82, 2.24) is 0 Å². The van der Waals surface area contributed by atoms with E-state index in [2.05, 4.69) is 0 Å². The van der Waals surface area contributed by atoms with E-state index in [1.54, 1.807) is 6.92 Å². The third-order valence-corrected chi connectivity index (χ3v) is 2.15. The molecule has 1 atom stereocenters. The van der Waals surface area contributed by atoms with Gasteiger partial charge in [0.15, 0.2) is 0 Å². The minimum Gasteiger partial charge on any atom is -0.466 e. The first-order chi connectivity index (χ1) is 7.41. The zero-order valence-corrected chi connectivity index (χ0v) is 10.3. The average molecular weight is 230 g/mol. The normalized spacial score (nSPS) is 14.1. The molecular weight excluding hydrogens is 208 g/mol. The molecule has 0 amide bonds. The molecule has 0 radical (unpaired) electrons. The fourth-order valence-electron chi connectivity index (χ4n) is 1.53. The Bertz CT molecular complexity index is 233. The highest BCUT2D eigenvalue weighted by atomic mass is 16.5. The minimum atomic E-state index is -0.642. The first-order valence-electron chi connectivity index (χ1n) is 5.52. The lowest BCUT2D eigenvalue weighted by molar-refractivity contribution is -0.145. The number of ether oxygens (including phenoxy) is 1. The molecular formula is C12H22O4. The van der Waals surface area contributed by atoms with Crippen LogP contribution in [0.1, 0.15) is 33.6 Å². The van der Waals surface area contributed by atoms with Gasteiger partial charge in [-0.3, -0.25) is 4.79 Å². The van der Waals surface area contributed by atoms with Gasteiger partial charge in [0.25, 0.3) is 0 Å². The largest absolute Gasteiger partial charge is 0.466 e. The van der Waals surface area contributed by atoms with Gasteiger partial charge >= 0.3 is 5.97 Å². The van der Waals surface area contributed by atoms with Gasteiger partial charge in [-0.2, -0.15) is 0 Å². The Morgan fingerprint density at radius 2 is 2.12 bits per heavy atom. The molecule has 0 spiro atoms. The van der Waals surface area contributed by atoms with Crippen LogP contribution in [0.2, 0.25) is 0 Å². The molecule has 0 saturated heterocycles. The third-order valence-electron chi connectivity index (χ3n) is 2.15. The van der Waals surface area contributed by atoms with Crippen molar-refractivity contribution in [1.29, 1.82) is 0 Å². The fraction of sp³-hybridized carbons (Fsp3) is 0.750. The summed E-state index contributed by atoms with van der Waals surface area (Å²) in [6.45, 7) is 5.86. The van der Waals surface area contributed by atoms with Gasteiger partial charge in [-0.15, -0.1) is 0 Å². The van der Waals surface area contributed by atoms with Crippen LogP contribution in [-0.4, -0.2) is 35.5 Å². The number of carbonyl (C=O) groups is 1. The molecule has 0 rings (SSSR count). The van der Waals surface area contributed by atoms with Crippen LogP contribution in [0.4, 0.5) is 0 Å². The Kier molecular flexibility index (Phi) is 7.01. The summed E-state index contributed by atoms with van der Waals surface area (Å²) < 4.78 is 4.86. The molecule has 0 bridgehead atoms. The topological polar surface area (TPSA) is 66.8 Å². The lowest BCUT2D eigenvalue weighted by atomic mass is 9.83. The summed E-state index contributed by atoms with van der Waals surface area (Å²) in [5.41, 5.74) is -0.314. The molecule has 0 aromatic carbocycles. The number of hydrogen-bond acceptors (Lipinski definition) is 4. The molecule has 0 aromatic heterocycles. The van der Waals surface area contributed by atoms with E-state index in [1.165, 1.54) is 12.2 Å². The molecule has 0 aliphatic rings. The monoisotopic (exact) mass is 230 g/mol. The van der Waals surface area contributed by atoms with Crippen molar-refractivity contribution in [3.05, 3.63) is 12.2 Å². The van der Waals surface area contributed by atoms with Crippen molar-refractivity contribution in [3.63, 3.8) is 0 Å². The van der Waals surface area contributed by atoms with Gasteiger partial charge in [0.05, 0.1) is 25.7 Å². The van der Waals surface area contributed by atoms with Gasteiger partial charge in [-0.25, -0.2) is 0 Å². The van der Waals surface area contributed by atoms with E-state index in [1.807, 2.05) is 13.8 Å². The van der Waals surface area contributed by atoms with Gasteiger partial charge in [-0.05, 0) is 18.8 Å². The summed E-state index contributed by atoms with van der Waals surface area (Å²) in [5.74, 6) is -0.245. The number of aliphatic hydroxyl groups is 2. The van der Waals surface area contributed by atoms with Crippen LogP contribution in [0.3, 0.4) is 0 Å². The van der Waals surface area contributed by atoms with Crippen LogP contribution in [0.5, 0.6) is 0 Å². The zero-order chi connectivity index (χ0) is 12.6. The van der Waals surface area contributed by atoms with E-state index in [0.29, 0.717) is 13.0 Å². The van der Waals surface area contributed by atoms with Crippen LogP contribution < -0.4 is 0 Å². The standard InChI is InChI=1S/C12H22O4/c1-4-16-11(15)9-12(2,3)8-10(14)6-5-7-13/h5-6,10,13-14H,4,7-9H2,1-3H3/b6-5+/t10-/m1/s1. The fourth-order valence-corrected chi connectivity index (χ4v) is 1.53. The molecule has 16 heavy (non-hydrogen) atoms. The molecule has 0 fully saturated rings. The van der Waals surface area contributed by atoms with Crippen molar-refractivity contribution in [3.8, 4) is 0 Å². The van der Waals surface area contributed by atoms with E-state index in [4.69, 9.17) is 9.84 Å². The van der Waals surface area contributed by atoms with Crippen molar-refractivity contribution in [2.24, 2.45) is 5.41 Å². The molecule has 2 N–H and O–H groups in total. The van der Waals surface area contributed by atoms with E-state index >= 15 is 0 Å². The molecule has 0 heterocycles. The molecule has 94 valence electrons. The Labute approximate surface area is 96.9 Å². The first-order valence-corrected chi connectivity index (χ1v) is 5.52. The molecule has 4 nitrogen and oxygen atoms in total. The lowest BCUT2D eigenvalue weighted by Gasteiger charge is -2.25. The summed E-state index contributed by atoms with van der Waals surface area (Å²) in [4.78, 5) is 11.3. The zero-order valence-electron chi connectivity index (χ0n) is 10.3. The van der Waals surface area contributed by atoms with E-state index in [0.717, 1.165) is 0 Å². The molecule has 0 saturated carbocycles. The highest BCUT2D eigenvalue weighted by Gasteiger charge is 2.25. The average Bonchev–Trinajstić information content (AvgIpc) is 2.13. The summed E-state index contributed by atoms with van der Waals surface area (Å²) in [5, 5.41) is 18.2. The second-order valence-electron chi connectivity index (χ2n) is 4.53.